The lowest BCUT2D eigenvalue weighted by Crippen LogP contribution is -2.18. The average Bonchev–Trinajstić information content (AvgIpc) is 2.55. The van der Waals surface area contributed by atoms with E-state index in [1.807, 2.05) is 12.1 Å². The first-order valence-electron chi connectivity index (χ1n) is 8.84. The minimum atomic E-state index is -0.972. The lowest BCUT2D eigenvalue weighted by atomic mass is 9.87. The van der Waals surface area contributed by atoms with Gasteiger partial charge in [0, 0.05) is 11.3 Å². The van der Waals surface area contributed by atoms with Crippen molar-refractivity contribution in [2.24, 2.45) is 5.92 Å². The number of anilines is 1. The van der Waals surface area contributed by atoms with Crippen molar-refractivity contribution in [2.75, 3.05) is 5.32 Å². The van der Waals surface area contributed by atoms with Crippen LogP contribution in [-0.2, 0) is 5.60 Å². The maximum atomic E-state index is 12.6. The van der Waals surface area contributed by atoms with Gasteiger partial charge in [-0.25, -0.2) is 0 Å². The van der Waals surface area contributed by atoms with Crippen LogP contribution in [0.1, 0.15) is 67.6 Å². The van der Waals surface area contributed by atoms with Crippen molar-refractivity contribution in [3.05, 3.63) is 64.7 Å². The fourth-order valence-electron chi connectivity index (χ4n) is 2.81. The molecule has 0 fully saturated rings. The number of amides is 1. The molecular formula is C22H29NO2. The van der Waals surface area contributed by atoms with Crippen LogP contribution < -0.4 is 5.32 Å². The molecule has 2 aromatic rings. The Labute approximate surface area is 151 Å². The molecule has 3 heteroatoms. The average molecular weight is 339 g/mol. The van der Waals surface area contributed by atoms with Crippen molar-refractivity contribution in [3.63, 3.8) is 0 Å². The molecule has 0 radical (unpaired) electrons. The van der Waals surface area contributed by atoms with Crippen LogP contribution >= 0.6 is 0 Å². The number of carbonyl (C=O) groups is 1. The van der Waals surface area contributed by atoms with Gasteiger partial charge in [0.1, 0.15) is 0 Å². The standard InChI is InChI=1S/C22H29NO2/c1-14(2)16(4)20-13-19(11-10-15(20)3)23-21(24)17-8-7-9-18(12-17)22(5,6)25/h7-14,16,25H,1-6H3,(H,23,24). The second-order valence-electron chi connectivity index (χ2n) is 7.70. The van der Waals surface area contributed by atoms with E-state index in [0.717, 1.165) is 11.3 Å². The number of aryl methyl sites for hydroxylation is 1. The molecular weight excluding hydrogens is 310 g/mol. The van der Waals surface area contributed by atoms with E-state index in [1.54, 1.807) is 32.0 Å². The monoisotopic (exact) mass is 339 g/mol. The Morgan fingerprint density at radius 1 is 1.08 bits per heavy atom. The summed E-state index contributed by atoms with van der Waals surface area (Å²) in [6.07, 6.45) is 0. The molecule has 134 valence electrons. The normalized spacial score (nSPS) is 13.0. The maximum absolute atomic E-state index is 12.6. The molecule has 2 rings (SSSR count). The number of hydrogen-bond donors (Lipinski definition) is 2. The predicted molar refractivity (Wildman–Crippen MR) is 104 cm³/mol. The van der Waals surface area contributed by atoms with Gasteiger partial charge in [0.25, 0.3) is 5.91 Å². The molecule has 2 aromatic carbocycles. The van der Waals surface area contributed by atoms with Crippen molar-refractivity contribution in [1.29, 1.82) is 0 Å². The van der Waals surface area contributed by atoms with Gasteiger partial charge in [-0.2, -0.15) is 0 Å². The summed E-state index contributed by atoms with van der Waals surface area (Å²) >= 11 is 0. The van der Waals surface area contributed by atoms with Crippen molar-refractivity contribution in [3.8, 4) is 0 Å². The molecule has 0 aliphatic rings. The summed E-state index contributed by atoms with van der Waals surface area (Å²) < 4.78 is 0. The summed E-state index contributed by atoms with van der Waals surface area (Å²) in [5, 5.41) is 13.1. The highest BCUT2D eigenvalue weighted by molar-refractivity contribution is 6.04. The zero-order chi connectivity index (χ0) is 18.8. The molecule has 0 saturated carbocycles. The van der Waals surface area contributed by atoms with Crippen molar-refractivity contribution in [1.82, 2.24) is 0 Å². The molecule has 0 aliphatic heterocycles. The molecule has 0 heterocycles. The zero-order valence-electron chi connectivity index (χ0n) is 16.1. The Bertz CT molecular complexity index is 757. The molecule has 1 amide bonds. The van der Waals surface area contributed by atoms with Crippen LogP contribution in [0.3, 0.4) is 0 Å². The van der Waals surface area contributed by atoms with Gasteiger partial charge in [0.15, 0.2) is 0 Å². The van der Waals surface area contributed by atoms with Gasteiger partial charge < -0.3 is 10.4 Å². The van der Waals surface area contributed by atoms with E-state index in [9.17, 15) is 9.90 Å². The summed E-state index contributed by atoms with van der Waals surface area (Å²) in [7, 11) is 0. The third kappa shape index (κ3) is 4.70. The SMILES string of the molecule is Cc1ccc(NC(=O)c2cccc(C(C)(C)O)c2)cc1C(C)C(C)C. The smallest absolute Gasteiger partial charge is 0.255 e. The summed E-state index contributed by atoms with van der Waals surface area (Å²) in [4.78, 5) is 12.6. The number of hydrogen-bond acceptors (Lipinski definition) is 2. The maximum Gasteiger partial charge on any atom is 0.255 e. The van der Waals surface area contributed by atoms with Crippen LogP contribution in [0.15, 0.2) is 42.5 Å². The largest absolute Gasteiger partial charge is 0.386 e. The van der Waals surface area contributed by atoms with E-state index in [2.05, 4.69) is 45.1 Å². The van der Waals surface area contributed by atoms with Crippen LogP contribution in [0.5, 0.6) is 0 Å². The van der Waals surface area contributed by atoms with E-state index in [4.69, 9.17) is 0 Å². The molecule has 25 heavy (non-hydrogen) atoms. The molecule has 0 saturated heterocycles. The number of rotatable bonds is 5. The van der Waals surface area contributed by atoms with E-state index in [-0.39, 0.29) is 5.91 Å². The van der Waals surface area contributed by atoms with Crippen LogP contribution in [0, 0.1) is 12.8 Å². The first-order chi connectivity index (χ1) is 11.6. The molecule has 0 aliphatic carbocycles. The molecule has 3 nitrogen and oxygen atoms in total. The number of nitrogens with one attached hydrogen (secondary N) is 1. The molecule has 0 spiro atoms. The zero-order valence-corrected chi connectivity index (χ0v) is 16.1. The van der Waals surface area contributed by atoms with Crippen LogP contribution in [0.4, 0.5) is 5.69 Å². The van der Waals surface area contributed by atoms with E-state index < -0.39 is 5.60 Å². The van der Waals surface area contributed by atoms with Gasteiger partial charge in [-0.3, -0.25) is 4.79 Å². The highest BCUT2D eigenvalue weighted by Gasteiger charge is 2.18. The fourth-order valence-corrected chi connectivity index (χ4v) is 2.81. The lowest BCUT2D eigenvalue weighted by molar-refractivity contribution is 0.0785. The third-order valence-corrected chi connectivity index (χ3v) is 4.86. The summed E-state index contributed by atoms with van der Waals surface area (Å²) in [6.45, 7) is 12.2. The molecule has 2 N–H and O–H groups in total. The minimum absolute atomic E-state index is 0.168. The Hall–Kier alpha value is -2.13. The molecule has 1 unspecified atom stereocenters. The van der Waals surface area contributed by atoms with Crippen molar-refractivity contribution in [2.45, 2.75) is 53.1 Å². The minimum Gasteiger partial charge on any atom is -0.386 e. The van der Waals surface area contributed by atoms with Crippen LogP contribution in [-0.4, -0.2) is 11.0 Å². The van der Waals surface area contributed by atoms with Gasteiger partial charge in [0.05, 0.1) is 5.60 Å². The first kappa shape index (κ1) is 19.2. The molecule has 0 bridgehead atoms. The Morgan fingerprint density at radius 2 is 1.76 bits per heavy atom. The highest BCUT2D eigenvalue weighted by atomic mass is 16.3. The van der Waals surface area contributed by atoms with Crippen molar-refractivity contribution >= 4 is 11.6 Å². The van der Waals surface area contributed by atoms with E-state index >= 15 is 0 Å². The molecule has 0 aromatic heterocycles. The summed E-state index contributed by atoms with van der Waals surface area (Å²) in [5.41, 5.74) is 3.59. The third-order valence-electron chi connectivity index (χ3n) is 4.86. The van der Waals surface area contributed by atoms with E-state index in [0.29, 0.717) is 17.4 Å². The highest BCUT2D eigenvalue weighted by Crippen LogP contribution is 2.29. The van der Waals surface area contributed by atoms with Gasteiger partial charge in [-0.05, 0) is 73.6 Å². The van der Waals surface area contributed by atoms with Gasteiger partial charge in [-0.1, -0.05) is 39.0 Å². The Balaban J connectivity index is 2.25. The summed E-state index contributed by atoms with van der Waals surface area (Å²) in [5.74, 6) is 0.793. The fraction of sp³-hybridized carbons (Fsp3) is 0.409. The van der Waals surface area contributed by atoms with Gasteiger partial charge >= 0.3 is 0 Å². The quantitative estimate of drug-likeness (QED) is 0.783. The topological polar surface area (TPSA) is 49.3 Å². The second-order valence-corrected chi connectivity index (χ2v) is 7.70. The Kier molecular flexibility index (Phi) is 5.69. The number of aliphatic hydroxyl groups is 1. The van der Waals surface area contributed by atoms with Gasteiger partial charge in [-0.15, -0.1) is 0 Å². The van der Waals surface area contributed by atoms with E-state index in [1.165, 1.54) is 11.1 Å². The Morgan fingerprint density at radius 3 is 2.36 bits per heavy atom. The predicted octanol–water partition coefficient (Wildman–Crippen LogP) is 5.23. The van der Waals surface area contributed by atoms with Crippen molar-refractivity contribution < 1.29 is 9.90 Å². The number of carbonyl (C=O) groups excluding carboxylic acids is 1. The molecule has 1 atom stereocenters. The second kappa shape index (κ2) is 7.40. The number of benzene rings is 2. The lowest BCUT2D eigenvalue weighted by Gasteiger charge is -2.20. The summed E-state index contributed by atoms with van der Waals surface area (Å²) in [6, 6.07) is 13.2. The van der Waals surface area contributed by atoms with Gasteiger partial charge in [0.2, 0.25) is 0 Å². The van der Waals surface area contributed by atoms with Crippen LogP contribution in [0.25, 0.3) is 0 Å². The first-order valence-corrected chi connectivity index (χ1v) is 8.84. The van der Waals surface area contributed by atoms with Crippen LogP contribution in [0.2, 0.25) is 0 Å².